The number of aliphatic hydroxyl groups is 1. The van der Waals surface area contributed by atoms with Gasteiger partial charge in [-0.3, -0.25) is 0 Å². The van der Waals surface area contributed by atoms with E-state index in [1.807, 2.05) is 13.0 Å². The molecule has 0 heterocycles. The monoisotopic (exact) mass is 310 g/mol. The van der Waals surface area contributed by atoms with Gasteiger partial charge in [-0.1, -0.05) is 12.8 Å². The van der Waals surface area contributed by atoms with E-state index in [2.05, 4.69) is 24.8 Å². The van der Waals surface area contributed by atoms with Crippen LogP contribution in [0.4, 0.5) is 0 Å². The molecule has 1 aromatic carbocycles. The van der Waals surface area contributed by atoms with Crippen LogP contribution in [0, 0.1) is 29.1 Å². The molecule has 0 radical (unpaired) electrons. The summed E-state index contributed by atoms with van der Waals surface area (Å²) in [6.07, 6.45) is 6.56. The lowest BCUT2D eigenvalue weighted by Gasteiger charge is -2.50. The van der Waals surface area contributed by atoms with Crippen molar-refractivity contribution in [2.75, 3.05) is 0 Å². The van der Waals surface area contributed by atoms with E-state index in [1.54, 1.807) is 0 Å². The van der Waals surface area contributed by atoms with Crippen LogP contribution in [-0.4, -0.2) is 16.3 Å². The average molecular weight is 310 g/mol. The van der Waals surface area contributed by atoms with E-state index in [0.29, 0.717) is 23.5 Å². The van der Waals surface area contributed by atoms with Crippen molar-refractivity contribution in [2.45, 2.75) is 64.4 Å². The maximum Gasteiger partial charge on any atom is 0.131 e. The molecule has 0 spiro atoms. The van der Waals surface area contributed by atoms with E-state index in [0.717, 1.165) is 31.2 Å². The fourth-order valence-corrected chi connectivity index (χ4v) is 5.82. The maximum atomic E-state index is 10.5. The highest BCUT2D eigenvalue weighted by atomic mass is 16.3. The standard InChI is InChI=1S/C21H26O2/c1-3-4-14-11-17-13(12-19(14)22)5-6-16-15(17)9-10-21(2)18(16)7-8-20(21)23/h11-12,15-16,18,20,22-23H,5-10H2,1-2H3/t15-,16+,18-,20?,21-/m0/s1. The Morgan fingerprint density at radius 1 is 1.17 bits per heavy atom. The second-order valence-electron chi connectivity index (χ2n) is 8.00. The van der Waals surface area contributed by atoms with Crippen molar-refractivity contribution in [3.63, 3.8) is 0 Å². The second kappa shape index (κ2) is 5.28. The van der Waals surface area contributed by atoms with Crippen molar-refractivity contribution in [1.29, 1.82) is 0 Å². The molecule has 2 N–H and O–H groups in total. The van der Waals surface area contributed by atoms with E-state index in [4.69, 9.17) is 0 Å². The molecule has 5 atom stereocenters. The summed E-state index contributed by atoms with van der Waals surface area (Å²) in [6, 6.07) is 4.09. The zero-order valence-electron chi connectivity index (χ0n) is 14.1. The van der Waals surface area contributed by atoms with Gasteiger partial charge in [0.1, 0.15) is 5.75 Å². The van der Waals surface area contributed by atoms with Crippen LogP contribution in [0.5, 0.6) is 5.75 Å². The van der Waals surface area contributed by atoms with E-state index in [1.165, 1.54) is 24.0 Å². The van der Waals surface area contributed by atoms with Gasteiger partial charge in [-0.15, -0.1) is 5.92 Å². The van der Waals surface area contributed by atoms with E-state index < -0.39 is 0 Å². The molecule has 0 amide bonds. The van der Waals surface area contributed by atoms with Crippen molar-refractivity contribution in [2.24, 2.45) is 17.3 Å². The van der Waals surface area contributed by atoms with Crippen LogP contribution in [0.1, 0.15) is 68.6 Å². The Balaban J connectivity index is 1.74. The normalized spacial score (nSPS) is 38.0. The van der Waals surface area contributed by atoms with Crippen LogP contribution in [0.3, 0.4) is 0 Å². The highest BCUT2D eigenvalue weighted by Gasteiger charge is 2.54. The molecule has 23 heavy (non-hydrogen) atoms. The number of benzene rings is 1. The second-order valence-corrected chi connectivity index (χ2v) is 8.00. The van der Waals surface area contributed by atoms with Gasteiger partial charge >= 0.3 is 0 Å². The summed E-state index contributed by atoms with van der Waals surface area (Å²) in [5, 5.41) is 20.7. The van der Waals surface area contributed by atoms with Crippen LogP contribution in [0.15, 0.2) is 12.1 Å². The average Bonchev–Trinajstić information content (AvgIpc) is 2.84. The van der Waals surface area contributed by atoms with Crippen LogP contribution in [-0.2, 0) is 6.42 Å². The molecular weight excluding hydrogens is 284 g/mol. The first-order chi connectivity index (χ1) is 11.0. The van der Waals surface area contributed by atoms with Crippen LogP contribution >= 0.6 is 0 Å². The summed E-state index contributed by atoms with van der Waals surface area (Å²) in [7, 11) is 0. The first kappa shape index (κ1) is 15.1. The zero-order chi connectivity index (χ0) is 16.2. The Bertz CT molecular complexity index is 696. The third-order valence-corrected chi connectivity index (χ3v) is 7.05. The molecule has 4 rings (SSSR count). The number of aliphatic hydroxyl groups excluding tert-OH is 1. The molecule has 2 nitrogen and oxygen atoms in total. The number of hydrogen-bond donors (Lipinski definition) is 2. The Hall–Kier alpha value is -1.46. The molecule has 0 bridgehead atoms. The molecule has 3 aliphatic carbocycles. The predicted molar refractivity (Wildman–Crippen MR) is 91.3 cm³/mol. The Labute approximate surface area is 138 Å². The van der Waals surface area contributed by atoms with Gasteiger partial charge in [-0.05, 0) is 91.9 Å². The number of fused-ring (bicyclic) bond motifs is 5. The maximum absolute atomic E-state index is 10.5. The van der Waals surface area contributed by atoms with Crippen molar-refractivity contribution in [3.8, 4) is 17.6 Å². The van der Waals surface area contributed by atoms with Crippen LogP contribution in [0.25, 0.3) is 0 Å². The first-order valence-electron chi connectivity index (χ1n) is 9.01. The summed E-state index contributed by atoms with van der Waals surface area (Å²) in [5.74, 6) is 8.20. The molecule has 2 saturated carbocycles. The van der Waals surface area contributed by atoms with Crippen molar-refractivity contribution in [1.82, 2.24) is 0 Å². The van der Waals surface area contributed by atoms with Gasteiger partial charge in [0.05, 0.1) is 11.7 Å². The summed E-state index contributed by atoms with van der Waals surface area (Å²) in [6.45, 7) is 4.12. The number of hydrogen-bond acceptors (Lipinski definition) is 2. The fourth-order valence-electron chi connectivity index (χ4n) is 5.82. The summed E-state index contributed by atoms with van der Waals surface area (Å²) in [5.41, 5.74) is 3.63. The molecule has 1 aromatic rings. The van der Waals surface area contributed by atoms with Gasteiger partial charge in [-0.25, -0.2) is 0 Å². The summed E-state index contributed by atoms with van der Waals surface area (Å²) < 4.78 is 0. The molecular formula is C21H26O2. The molecule has 0 saturated heterocycles. The molecule has 122 valence electrons. The smallest absolute Gasteiger partial charge is 0.131 e. The van der Waals surface area contributed by atoms with Gasteiger partial charge in [0.15, 0.2) is 0 Å². The molecule has 0 aromatic heterocycles. The lowest BCUT2D eigenvalue weighted by atomic mass is 9.55. The van der Waals surface area contributed by atoms with Gasteiger partial charge in [0, 0.05) is 0 Å². The SMILES string of the molecule is CC#Cc1cc2c(cc1O)CC[C@@H]1[C@@H]2CC[C@]2(C)C(O)CC[C@@H]12. The third kappa shape index (κ3) is 2.13. The Morgan fingerprint density at radius 2 is 2.00 bits per heavy atom. The fraction of sp³-hybridized carbons (Fsp3) is 0.619. The van der Waals surface area contributed by atoms with Gasteiger partial charge in [-0.2, -0.15) is 0 Å². The van der Waals surface area contributed by atoms with E-state index in [9.17, 15) is 10.2 Å². The minimum absolute atomic E-state index is 0.115. The Morgan fingerprint density at radius 3 is 2.78 bits per heavy atom. The molecule has 2 heteroatoms. The number of aromatic hydroxyl groups is 1. The van der Waals surface area contributed by atoms with Gasteiger partial charge < -0.3 is 10.2 Å². The third-order valence-electron chi connectivity index (χ3n) is 7.05. The minimum atomic E-state index is -0.115. The highest BCUT2D eigenvalue weighted by Crippen LogP contribution is 2.61. The van der Waals surface area contributed by atoms with Crippen LogP contribution in [0.2, 0.25) is 0 Å². The molecule has 0 aliphatic heterocycles. The van der Waals surface area contributed by atoms with Gasteiger partial charge in [0.25, 0.3) is 0 Å². The summed E-state index contributed by atoms with van der Waals surface area (Å²) in [4.78, 5) is 0. The number of aryl methyl sites for hydroxylation is 1. The largest absolute Gasteiger partial charge is 0.507 e. The number of rotatable bonds is 0. The highest BCUT2D eigenvalue weighted by molar-refractivity contribution is 5.52. The van der Waals surface area contributed by atoms with Crippen molar-refractivity contribution < 1.29 is 10.2 Å². The summed E-state index contributed by atoms with van der Waals surface area (Å²) >= 11 is 0. The van der Waals surface area contributed by atoms with E-state index in [-0.39, 0.29) is 11.5 Å². The molecule has 3 aliphatic rings. The lowest BCUT2D eigenvalue weighted by Crippen LogP contribution is -2.43. The van der Waals surface area contributed by atoms with Gasteiger partial charge in [0.2, 0.25) is 0 Å². The number of phenolic OH excluding ortho intramolecular Hbond substituents is 1. The lowest BCUT2D eigenvalue weighted by molar-refractivity contribution is -0.0226. The van der Waals surface area contributed by atoms with E-state index >= 15 is 0 Å². The zero-order valence-corrected chi connectivity index (χ0v) is 14.1. The van der Waals surface area contributed by atoms with Crippen molar-refractivity contribution in [3.05, 3.63) is 28.8 Å². The van der Waals surface area contributed by atoms with Crippen LogP contribution < -0.4 is 0 Å². The number of phenols is 1. The van der Waals surface area contributed by atoms with Crippen molar-refractivity contribution >= 4 is 0 Å². The topological polar surface area (TPSA) is 40.5 Å². The predicted octanol–water partition coefficient (Wildman–Crippen LogP) is 3.98. The minimum Gasteiger partial charge on any atom is -0.507 e. The first-order valence-corrected chi connectivity index (χ1v) is 9.01. The molecule has 1 unspecified atom stereocenters. The quantitative estimate of drug-likeness (QED) is 0.712. The Kier molecular flexibility index (Phi) is 3.46. The molecule has 2 fully saturated rings.